The number of carbonyl (C=O) groups is 6. The first-order valence-corrected chi connectivity index (χ1v) is 9.92. The van der Waals surface area contributed by atoms with Gasteiger partial charge in [-0.15, -0.1) is 0 Å². The van der Waals surface area contributed by atoms with E-state index >= 15 is 0 Å². The van der Waals surface area contributed by atoms with Crippen molar-refractivity contribution in [3.05, 3.63) is 0 Å². The second-order valence-electron chi connectivity index (χ2n) is 7.13. The third kappa shape index (κ3) is 11.8. The van der Waals surface area contributed by atoms with Crippen LogP contribution in [0.3, 0.4) is 0 Å². The highest BCUT2D eigenvalue weighted by molar-refractivity contribution is 5.95. The number of unbranched alkanes of at least 4 members (excludes halogenated alkanes) is 1. The summed E-state index contributed by atoms with van der Waals surface area (Å²) < 4.78 is 0. The van der Waals surface area contributed by atoms with Gasteiger partial charge in [0.25, 0.3) is 0 Å². The van der Waals surface area contributed by atoms with Gasteiger partial charge in [0.1, 0.15) is 18.1 Å². The van der Waals surface area contributed by atoms with Crippen LogP contribution in [0, 0.1) is 0 Å². The summed E-state index contributed by atoms with van der Waals surface area (Å²) in [7, 11) is 0. The maximum Gasteiger partial charge on any atom is 0.326 e. The predicted molar refractivity (Wildman–Crippen MR) is 109 cm³/mol. The molecule has 0 aromatic carbocycles. The Kier molecular flexibility index (Phi) is 13.2. The molecule has 0 radical (unpaired) electrons. The van der Waals surface area contributed by atoms with Gasteiger partial charge in [-0.2, -0.15) is 0 Å². The first-order chi connectivity index (χ1) is 14.9. The van der Waals surface area contributed by atoms with Crippen molar-refractivity contribution >= 4 is 35.6 Å². The van der Waals surface area contributed by atoms with E-state index in [4.69, 9.17) is 21.7 Å². The molecule has 0 fully saturated rings. The largest absolute Gasteiger partial charge is 0.481 e. The molecule has 182 valence electrons. The lowest BCUT2D eigenvalue weighted by atomic mass is 10.1. The van der Waals surface area contributed by atoms with Crippen molar-refractivity contribution < 1.29 is 44.1 Å². The Morgan fingerprint density at radius 1 is 0.750 bits per heavy atom. The highest BCUT2D eigenvalue weighted by Gasteiger charge is 2.31. The van der Waals surface area contributed by atoms with Crippen LogP contribution in [0.4, 0.5) is 0 Å². The Balaban J connectivity index is 5.45. The first-order valence-electron chi connectivity index (χ1n) is 9.92. The zero-order valence-corrected chi connectivity index (χ0v) is 17.7. The normalized spacial score (nSPS) is 14.3. The number of nitrogens with one attached hydrogen (secondary N) is 3. The fourth-order valence-electron chi connectivity index (χ4n) is 2.52. The van der Waals surface area contributed by atoms with E-state index in [0.29, 0.717) is 19.4 Å². The number of carboxylic acid groups (broad SMARTS) is 3. The highest BCUT2D eigenvalue weighted by Crippen LogP contribution is 2.06. The van der Waals surface area contributed by atoms with Gasteiger partial charge in [-0.1, -0.05) is 0 Å². The zero-order valence-electron chi connectivity index (χ0n) is 17.7. The molecule has 4 unspecified atom stereocenters. The molecule has 0 saturated carbocycles. The number of aliphatic carboxylic acids is 3. The number of amides is 3. The number of carbonyl (C=O) groups excluding carboxylic acids is 3. The Bertz CT molecular complexity index is 698. The third-order valence-corrected chi connectivity index (χ3v) is 4.27. The number of carboxylic acids is 3. The van der Waals surface area contributed by atoms with E-state index in [2.05, 4.69) is 16.0 Å². The van der Waals surface area contributed by atoms with Gasteiger partial charge in [0.2, 0.25) is 17.7 Å². The zero-order chi connectivity index (χ0) is 24.8. The van der Waals surface area contributed by atoms with Crippen molar-refractivity contribution in [3.8, 4) is 0 Å². The summed E-state index contributed by atoms with van der Waals surface area (Å²) in [6.07, 6.45) is -0.769. The topological polar surface area (TPSA) is 251 Å². The van der Waals surface area contributed by atoms with Gasteiger partial charge >= 0.3 is 17.9 Å². The molecule has 14 heteroatoms. The molecule has 0 aliphatic carbocycles. The highest BCUT2D eigenvalue weighted by atomic mass is 16.4. The van der Waals surface area contributed by atoms with Crippen molar-refractivity contribution in [2.75, 3.05) is 6.54 Å². The smallest absolute Gasteiger partial charge is 0.326 e. The van der Waals surface area contributed by atoms with E-state index < -0.39 is 72.6 Å². The molecule has 10 N–H and O–H groups in total. The van der Waals surface area contributed by atoms with Crippen molar-refractivity contribution in [1.29, 1.82) is 0 Å². The molecule has 0 aromatic heterocycles. The molecular formula is C18H31N5O9. The van der Waals surface area contributed by atoms with E-state index in [1.165, 1.54) is 6.92 Å². The number of rotatable bonds is 16. The molecular weight excluding hydrogens is 430 g/mol. The molecule has 0 bridgehead atoms. The summed E-state index contributed by atoms with van der Waals surface area (Å²) in [5, 5.41) is 33.6. The monoisotopic (exact) mass is 461 g/mol. The van der Waals surface area contributed by atoms with Gasteiger partial charge in [-0.05, 0) is 39.2 Å². The quantitative estimate of drug-likeness (QED) is 0.110. The van der Waals surface area contributed by atoms with E-state index in [1.807, 2.05) is 0 Å². The molecule has 0 aliphatic rings. The van der Waals surface area contributed by atoms with Crippen LogP contribution < -0.4 is 27.4 Å². The van der Waals surface area contributed by atoms with Gasteiger partial charge in [0, 0.05) is 6.42 Å². The van der Waals surface area contributed by atoms with Gasteiger partial charge in [0.05, 0.1) is 12.5 Å². The van der Waals surface area contributed by atoms with E-state index in [1.54, 1.807) is 0 Å². The van der Waals surface area contributed by atoms with Crippen molar-refractivity contribution in [2.24, 2.45) is 11.5 Å². The molecule has 4 atom stereocenters. The van der Waals surface area contributed by atoms with Crippen molar-refractivity contribution in [1.82, 2.24) is 16.0 Å². The first kappa shape index (κ1) is 28.7. The van der Waals surface area contributed by atoms with Gasteiger partial charge < -0.3 is 42.7 Å². The molecule has 0 aliphatic heterocycles. The van der Waals surface area contributed by atoms with E-state index in [-0.39, 0.29) is 12.8 Å². The van der Waals surface area contributed by atoms with Crippen molar-refractivity contribution in [3.63, 3.8) is 0 Å². The minimum Gasteiger partial charge on any atom is -0.481 e. The summed E-state index contributed by atoms with van der Waals surface area (Å²) >= 11 is 0. The second kappa shape index (κ2) is 14.7. The van der Waals surface area contributed by atoms with Crippen LogP contribution in [0.5, 0.6) is 0 Å². The Hall–Kier alpha value is -3.26. The van der Waals surface area contributed by atoms with Crippen LogP contribution in [0.15, 0.2) is 0 Å². The maximum atomic E-state index is 12.6. The molecule has 0 aromatic rings. The fourth-order valence-corrected chi connectivity index (χ4v) is 2.52. The lowest BCUT2D eigenvalue weighted by Crippen LogP contribution is -2.57. The third-order valence-electron chi connectivity index (χ3n) is 4.27. The van der Waals surface area contributed by atoms with Crippen LogP contribution in [-0.2, 0) is 28.8 Å². The minimum atomic E-state index is -1.53. The second-order valence-corrected chi connectivity index (χ2v) is 7.13. The summed E-state index contributed by atoms with van der Waals surface area (Å²) in [6.45, 7) is 1.63. The summed E-state index contributed by atoms with van der Waals surface area (Å²) in [5.41, 5.74) is 10.8. The molecule has 14 nitrogen and oxygen atoms in total. The average molecular weight is 461 g/mol. The predicted octanol–water partition coefficient (Wildman–Crippen LogP) is -2.66. The lowest BCUT2D eigenvalue weighted by molar-refractivity contribution is -0.144. The average Bonchev–Trinajstić information content (AvgIpc) is 2.68. The summed E-state index contributed by atoms with van der Waals surface area (Å²) in [6, 6.07) is -5.34. The minimum absolute atomic E-state index is 0.0427. The number of hydrogen-bond acceptors (Lipinski definition) is 8. The molecule has 0 heterocycles. The van der Waals surface area contributed by atoms with Crippen LogP contribution in [0.1, 0.15) is 45.4 Å². The van der Waals surface area contributed by atoms with E-state index in [9.17, 15) is 33.9 Å². The molecule has 3 amide bonds. The Morgan fingerprint density at radius 2 is 1.28 bits per heavy atom. The Morgan fingerprint density at radius 3 is 1.75 bits per heavy atom. The number of hydrogen-bond donors (Lipinski definition) is 8. The van der Waals surface area contributed by atoms with Crippen molar-refractivity contribution in [2.45, 2.75) is 69.6 Å². The summed E-state index contributed by atoms with van der Waals surface area (Å²) in [5.74, 6) is -6.76. The fraction of sp³-hybridized carbons (Fsp3) is 0.667. The van der Waals surface area contributed by atoms with Gasteiger partial charge in [0.15, 0.2) is 0 Å². The van der Waals surface area contributed by atoms with E-state index in [0.717, 1.165) is 0 Å². The van der Waals surface area contributed by atoms with Crippen LogP contribution >= 0.6 is 0 Å². The molecule has 0 rings (SSSR count). The van der Waals surface area contributed by atoms with Gasteiger partial charge in [-0.25, -0.2) is 4.79 Å². The van der Waals surface area contributed by atoms with Crippen LogP contribution in [-0.4, -0.2) is 81.7 Å². The number of nitrogens with two attached hydrogens (primary N) is 2. The summed E-state index contributed by atoms with van der Waals surface area (Å²) in [4.78, 5) is 70.1. The lowest BCUT2D eigenvalue weighted by Gasteiger charge is -2.24. The molecule has 0 spiro atoms. The van der Waals surface area contributed by atoms with Gasteiger partial charge in [-0.3, -0.25) is 24.0 Å². The molecule has 0 saturated heterocycles. The van der Waals surface area contributed by atoms with Crippen LogP contribution in [0.25, 0.3) is 0 Å². The standard InChI is InChI=1S/C18H31N5O9/c1-9(20)15(28)23-12(8-14(26)27)17(30)21-10(4-2-3-7-19)16(29)22-11(18(31)32)5-6-13(24)25/h9-12H,2-8,19-20H2,1H3,(H,21,30)(H,22,29)(H,23,28)(H,24,25)(H,26,27)(H,31,32). The Labute approximate surface area is 184 Å². The van der Waals surface area contributed by atoms with Crippen LogP contribution in [0.2, 0.25) is 0 Å². The maximum absolute atomic E-state index is 12.6. The SMILES string of the molecule is CC(N)C(=O)NC(CC(=O)O)C(=O)NC(CCCCN)C(=O)NC(CCC(=O)O)C(=O)O. The molecule has 32 heavy (non-hydrogen) atoms.